The number of hydrogen-bond acceptors (Lipinski definition) is 6. The van der Waals surface area contributed by atoms with Crippen molar-refractivity contribution in [2.24, 2.45) is 11.8 Å². The Hall–Kier alpha value is -3.55. The summed E-state index contributed by atoms with van der Waals surface area (Å²) in [5.41, 5.74) is 0.537. The molecule has 1 aromatic carbocycles. The molecule has 2 aromatic rings. The highest BCUT2D eigenvalue weighted by molar-refractivity contribution is 6.08. The largest absolute Gasteiger partial charge is 0.438 e. The quantitative estimate of drug-likeness (QED) is 0.632. The van der Waals surface area contributed by atoms with E-state index >= 15 is 0 Å². The van der Waals surface area contributed by atoms with Crippen molar-refractivity contribution in [3.8, 4) is 11.6 Å². The lowest BCUT2D eigenvalue weighted by molar-refractivity contribution is -0.142. The van der Waals surface area contributed by atoms with Crippen molar-refractivity contribution in [3.63, 3.8) is 0 Å². The van der Waals surface area contributed by atoms with Gasteiger partial charge in [0.15, 0.2) is 0 Å². The van der Waals surface area contributed by atoms with E-state index in [0.717, 1.165) is 4.90 Å². The fraction of sp³-hybridized carbons (Fsp3) is 0.250. The summed E-state index contributed by atoms with van der Waals surface area (Å²) in [6, 6.07) is 6.69. The number of allylic oxidation sites excluding steroid dienone is 2. The first-order chi connectivity index (χ1) is 13.6. The molecule has 4 rings (SSSR count). The first-order valence-electron chi connectivity index (χ1n) is 8.96. The molecule has 2 heterocycles. The van der Waals surface area contributed by atoms with Gasteiger partial charge in [-0.05, 0) is 37.1 Å². The van der Waals surface area contributed by atoms with Crippen molar-refractivity contribution in [3.05, 3.63) is 55.0 Å². The van der Waals surface area contributed by atoms with Crippen molar-refractivity contribution in [1.82, 2.24) is 14.9 Å². The van der Waals surface area contributed by atoms with Crippen LogP contribution in [0.3, 0.4) is 0 Å². The summed E-state index contributed by atoms with van der Waals surface area (Å²) in [4.78, 5) is 46.2. The Labute approximate surface area is 161 Å². The molecule has 1 aromatic heterocycles. The first kappa shape index (κ1) is 17.8. The molecule has 1 aliphatic heterocycles. The van der Waals surface area contributed by atoms with Gasteiger partial charge in [0.1, 0.15) is 12.3 Å². The molecule has 1 N–H and O–H groups in total. The zero-order valence-electron chi connectivity index (χ0n) is 14.9. The maximum absolute atomic E-state index is 12.4. The molecule has 1 saturated heterocycles. The molecule has 2 atom stereocenters. The average Bonchev–Trinajstić information content (AvgIpc) is 2.95. The molecule has 142 valence electrons. The maximum Gasteiger partial charge on any atom is 0.244 e. The van der Waals surface area contributed by atoms with E-state index in [0.29, 0.717) is 30.2 Å². The van der Waals surface area contributed by atoms with E-state index in [2.05, 4.69) is 15.3 Å². The molecule has 0 unspecified atom stereocenters. The normalized spacial score (nSPS) is 20.8. The van der Waals surface area contributed by atoms with Crippen molar-refractivity contribution >= 4 is 23.4 Å². The highest BCUT2D eigenvalue weighted by Gasteiger charge is 2.47. The van der Waals surface area contributed by atoms with Crippen LogP contribution in [0, 0.1) is 11.8 Å². The van der Waals surface area contributed by atoms with Gasteiger partial charge in [-0.1, -0.05) is 12.2 Å². The van der Waals surface area contributed by atoms with Crippen LogP contribution in [0.1, 0.15) is 12.8 Å². The first-order valence-corrected chi connectivity index (χ1v) is 8.96. The third-order valence-electron chi connectivity index (χ3n) is 4.80. The smallest absolute Gasteiger partial charge is 0.244 e. The second-order valence-corrected chi connectivity index (χ2v) is 6.64. The average molecular weight is 378 g/mol. The predicted octanol–water partition coefficient (Wildman–Crippen LogP) is 2.16. The van der Waals surface area contributed by atoms with Gasteiger partial charge in [0, 0.05) is 18.1 Å². The second-order valence-electron chi connectivity index (χ2n) is 6.64. The van der Waals surface area contributed by atoms with Crippen molar-refractivity contribution in [2.45, 2.75) is 12.8 Å². The lowest BCUT2D eigenvalue weighted by Crippen LogP contribution is -2.38. The summed E-state index contributed by atoms with van der Waals surface area (Å²) in [5.74, 6) is -0.702. The van der Waals surface area contributed by atoms with Gasteiger partial charge in [-0.15, -0.1) is 0 Å². The minimum Gasteiger partial charge on any atom is -0.438 e. The number of ether oxygens (including phenoxy) is 1. The number of likely N-dealkylation sites (tertiary alicyclic amines) is 1. The molecule has 2 aliphatic rings. The van der Waals surface area contributed by atoms with Gasteiger partial charge >= 0.3 is 0 Å². The summed E-state index contributed by atoms with van der Waals surface area (Å²) >= 11 is 0. The fourth-order valence-corrected chi connectivity index (χ4v) is 3.43. The molecule has 1 aliphatic carbocycles. The number of fused-ring (bicyclic) bond motifs is 1. The number of hydrogen-bond donors (Lipinski definition) is 1. The van der Waals surface area contributed by atoms with Gasteiger partial charge in [-0.3, -0.25) is 24.3 Å². The molecule has 0 bridgehead atoms. The Morgan fingerprint density at radius 2 is 1.75 bits per heavy atom. The number of nitrogens with one attached hydrogen (secondary N) is 1. The van der Waals surface area contributed by atoms with E-state index in [9.17, 15) is 14.4 Å². The van der Waals surface area contributed by atoms with Crippen LogP contribution in [-0.4, -0.2) is 39.1 Å². The number of imide groups is 1. The number of aromatic nitrogens is 2. The third-order valence-corrected chi connectivity index (χ3v) is 4.80. The molecule has 0 spiro atoms. The van der Waals surface area contributed by atoms with Crippen molar-refractivity contribution < 1.29 is 19.1 Å². The molecule has 0 saturated carbocycles. The summed E-state index contributed by atoms with van der Waals surface area (Å²) in [6.07, 6.45) is 9.51. The summed E-state index contributed by atoms with van der Waals surface area (Å²) in [6.45, 7) is -0.275. The van der Waals surface area contributed by atoms with E-state index < -0.39 is 5.91 Å². The lowest BCUT2D eigenvalue weighted by atomic mass is 9.85. The van der Waals surface area contributed by atoms with Crippen LogP contribution >= 0.6 is 0 Å². The molecular formula is C20H18N4O4. The SMILES string of the molecule is O=C(CN1C(=O)[C@H]2CC=CC[C@H]2C1=O)Nc1ccc(Oc2cnccn2)cc1. The van der Waals surface area contributed by atoms with Crippen LogP contribution in [0.2, 0.25) is 0 Å². The minimum absolute atomic E-state index is 0.262. The predicted molar refractivity (Wildman–Crippen MR) is 99.3 cm³/mol. The number of rotatable bonds is 5. The zero-order chi connectivity index (χ0) is 19.5. The van der Waals surface area contributed by atoms with Crippen LogP contribution in [0.4, 0.5) is 5.69 Å². The molecule has 3 amide bonds. The highest BCUT2D eigenvalue weighted by atomic mass is 16.5. The van der Waals surface area contributed by atoms with Crippen LogP contribution < -0.4 is 10.1 Å². The molecule has 28 heavy (non-hydrogen) atoms. The molecular weight excluding hydrogens is 360 g/mol. The third kappa shape index (κ3) is 3.62. The van der Waals surface area contributed by atoms with Crippen molar-refractivity contribution in [2.75, 3.05) is 11.9 Å². The summed E-state index contributed by atoms with van der Waals surface area (Å²) < 4.78 is 5.54. The van der Waals surface area contributed by atoms with Gasteiger partial charge in [-0.2, -0.15) is 0 Å². The number of amides is 3. The zero-order valence-corrected chi connectivity index (χ0v) is 14.9. The number of benzene rings is 1. The Kier molecular flexibility index (Phi) is 4.84. The van der Waals surface area contributed by atoms with E-state index in [4.69, 9.17) is 4.74 Å². The van der Waals surface area contributed by atoms with Crippen LogP contribution in [-0.2, 0) is 14.4 Å². The van der Waals surface area contributed by atoms with Gasteiger partial charge in [0.25, 0.3) is 0 Å². The molecule has 1 fully saturated rings. The molecule has 8 heteroatoms. The van der Waals surface area contributed by atoms with Crippen LogP contribution in [0.15, 0.2) is 55.0 Å². The standard InChI is InChI=1S/C20H18N4O4/c25-17(12-24-19(26)15-3-1-2-4-16(15)20(24)27)23-13-5-7-14(8-6-13)28-18-11-21-9-10-22-18/h1-2,5-11,15-16H,3-4,12H2,(H,23,25)/t15-,16+. The monoisotopic (exact) mass is 378 g/mol. The van der Waals surface area contributed by atoms with Gasteiger partial charge in [-0.25, -0.2) is 4.98 Å². The van der Waals surface area contributed by atoms with Crippen LogP contribution in [0.25, 0.3) is 0 Å². The lowest BCUT2D eigenvalue weighted by Gasteiger charge is -2.14. The molecule has 0 radical (unpaired) electrons. The van der Waals surface area contributed by atoms with E-state index in [-0.39, 0.29) is 30.2 Å². The molecule has 8 nitrogen and oxygen atoms in total. The number of carbonyl (C=O) groups excluding carboxylic acids is 3. The highest BCUT2D eigenvalue weighted by Crippen LogP contribution is 2.34. The Morgan fingerprint density at radius 3 is 2.36 bits per heavy atom. The Morgan fingerprint density at radius 1 is 1.07 bits per heavy atom. The summed E-state index contributed by atoms with van der Waals surface area (Å²) in [7, 11) is 0. The minimum atomic E-state index is -0.420. The number of carbonyl (C=O) groups is 3. The van der Waals surface area contributed by atoms with Crippen molar-refractivity contribution in [1.29, 1.82) is 0 Å². The summed E-state index contributed by atoms with van der Waals surface area (Å²) in [5, 5.41) is 2.70. The fourth-order valence-electron chi connectivity index (χ4n) is 3.43. The van der Waals surface area contributed by atoms with E-state index in [1.165, 1.54) is 12.4 Å². The second kappa shape index (κ2) is 7.59. The Bertz CT molecular complexity index is 901. The van der Waals surface area contributed by atoms with E-state index in [1.807, 2.05) is 12.2 Å². The number of nitrogens with zero attached hydrogens (tertiary/aromatic N) is 3. The van der Waals surface area contributed by atoms with Crippen LogP contribution in [0.5, 0.6) is 11.6 Å². The maximum atomic E-state index is 12.4. The van der Waals surface area contributed by atoms with Gasteiger partial charge in [0.05, 0.1) is 18.0 Å². The number of anilines is 1. The van der Waals surface area contributed by atoms with Gasteiger partial charge in [0.2, 0.25) is 23.6 Å². The topological polar surface area (TPSA) is 101 Å². The Balaban J connectivity index is 1.35. The van der Waals surface area contributed by atoms with E-state index in [1.54, 1.807) is 30.5 Å². The van der Waals surface area contributed by atoms with Gasteiger partial charge < -0.3 is 10.1 Å².